The van der Waals surface area contributed by atoms with Gasteiger partial charge in [0.1, 0.15) is 6.04 Å². The Morgan fingerprint density at radius 1 is 1.69 bits per heavy atom. The fraction of sp³-hybridized carbons (Fsp3) is 0.444. The standard InChI is InChI=1S/C9H12N2O2/c1-13-9(12)8-4-7-6(5-11-8)2-3-10-7/h2-3,8,10-11H,4-5H2,1H3. The number of hydrogen-bond donors (Lipinski definition) is 2. The van der Waals surface area contributed by atoms with Gasteiger partial charge in [-0.2, -0.15) is 0 Å². The molecule has 1 aliphatic rings. The van der Waals surface area contributed by atoms with Crippen LogP contribution in [0.4, 0.5) is 0 Å². The van der Waals surface area contributed by atoms with E-state index in [0.717, 1.165) is 12.2 Å². The number of fused-ring (bicyclic) bond motifs is 1. The molecule has 0 saturated heterocycles. The molecule has 1 atom stereocenters. The van der Waals surface area contributed by atoms with Crippen molar-refractivity contribution in [3.8, 4) is 0 Å². The molecule has 0 fully saturated rings. The summed E-state index contributed by atoms with van der Waals surface area (Å²) >= 11 is 0. The van der Waals surface area contributed by atoms with E-state index >= 15 is 0 Å². The molecular formula is C9H12N2O2. The fourth-order valence-corrected chi connectivity index (χ4v) is 1.61. The molecule has 0 aliphatic carbocycles. The molecule has 0 aromatic carbocycles. The van der Waals surface area contributed by atoms with E-state index in [9.17, 15) is 4.79 Å². The first-order chi connectivity index (χ1) is 6.31. The number of ether oxygens (including phenoxy) is 1. The Morgan fingerprint density at radius 3 is 3.31 bits per heavy atom. The predicted molar refractivity (Wildman–Crippen MR) is 47.1 cm³/mol. The second-order valence-electron chi connectivity index (χ2n) is 3.14. The van der Waals surface area contributed by atoms with Gasteiger partial charge in [-0.25, -0.2) is 0 Å². The zero-order chi connectivity index (χ0) is 9.26. The van der Waals surface area contributed by atoms with Gasteiger partial charge in [0.25, 0.3) is 0 Å². The Bertz CT molecular complexity index is 319. The zero-order valence-corrected chi connectivity index (χ0v) is 7.46. The van der Waals surface area contributed by atoms with Crippen LogP contribution in [0, 0.1) is 0 Å². The summed E-state index contributed by atoms with van der Waals surface area (Å²) in [4.78, 5) is 14.3. The zero-order valence-electron chi connectivity index (χ0n) is 7.46. The molecule has 4 nitrogen and oxygen atoms in total. The summed E-state index contributed by atoms with van der Waals surface area (Å²) < 4.78 is 4.67. The highest BCUT2D eigenvalue weighted by Crippen LogP contribution is 2.14. The van der Waals surface area contributed by atoms with E-state index in [1.165, 1.54) is 12.7 Å². The summed E-state index contributed by atoms with van der Waals surface area (Å²) in [6.07, 6.45) is 2.58. The maximum absolute atomic E-state index is 11.2. The maximum atomic E-state index is 11.2. The van der Waals surface area contributed by atoms with E-state index in [4.69, 9.17) is 0 Å². The van der Waals surface area contributed by atoms with Crippen molar-refractivity contribution < 1.29 is 9.53 Å². The molecule has 2 rings (SSSR count). The van der Waals surface area contributed by atoms with Gasteiger partial charge in [0, 0.05) is 24.9 Å². The van der Waals surface area contributed by atoms with Gasteiger partial charge in [-0.05, 0) is 11.6 Å². The Morgan fingerprint density at radius 2 is 2.54 bits per heavy atom. The number of aromatic nitrogens is 1. The van der Waals surface area contributed by atoms with Gasteiger partial charge in [-0.15, -0.1) is 0 Å². The number of carbonyl (C=O) groups is 1. The van der Waals surface area contributed by atoms with Crippen LogP contribution in [0.15, 0.2) is 12.3 Å². The quantitative estimate of drug-likeness (QED) is 0.607. The molecule has 2 N–H and O–H groups in total. The average molecular weight is 180 g/mol. The van der Waals surface area contributed by atoms with E-state index in [2.05, 4.69) is 15.0 Å². The number of rotatable bonds is 1. The van der Waals surface area contributed by atoms with Crippen molar-refractivity contribution in [1.82, 2.24) is 10.3 Å². The van der Waals surface area contributed by atoms with Gasteiger partial charge in [-0.1, -0.05) is 0 Å². The summed E-state index contributed by atoms with van der Waals surface area (Å²) in [5.41, 5.74) is 2.37. The summed E-state index contributed by atoms with van der Waals surface area (Å²) in [6, 6.07) is 1.83. The third-order valence-corrected chi connectivity index (χ3v) is 2.36. The van der Waals surface area contributed by atoms with Crippen LogP contribution in [0.2, 0.25) is 0 Å². The predicted octanol–water partition coefficient (Wildman–Crippen LogP) is 0.202. The average Bonchev–Trinajstić information content (AvgIpc) is 2.63. The molecule has 4 heteroatoms. The Labute approximate surface area is 76.3 Å². The molecule has 1 aromatic rings. The van der Waals surface area contributed by atoms with E-state index in [0.29, 0.717) is 6.42 Å². The van der Waals surface area contributed by atoms with Crippen LogP contribution in [-0.4, -0.2) is 24.1 Å². The Hall–Kier alpha value is -1.29. The third-order valence-electron chi connectivity index (χ3n) is 2.36. The van der Waals surface area contributed by atoms with Crippen LogP contribution in [-0.2, 0) is 22.5 Å². The van der Waals surface area contributed by atoms with Crippen molar-refractivity contribution in [1.29, 1.82) is 0 Å². The van der Waals surface area contributed by atoms with Crippen LogP contribution < -0.4 is 5.32 Å². The minimum Gasteiger partial charge on any atom is -0.468 e. The number of nitrogens with one attached hydrogen (secondary N) is 2. The first-order valence-corrected chi connectivity index (χ1v) is 4.27. The van der Waals surface area contributed by atoms with Gasteiger partial charge in [0.05, 0.1) is 7.11 Å². The molecule has 0 saturated carbocycles. The van der Waals surface area contributed by atoms with Crippen molar-refractivity contribution in [3.63, 3.8) is 0 Å². The summed E-state index contributed by atoms with van der Waals surface area (Å²) in [5, 5.41) is 3.12. The molecule has 1 unspecified atom stereocenters. The number of esters is 1. The largest absolute Gasteiger partial charge is 0.468 e. The molecule has 0 spiro atoms. The van der Waals surface area contributed by atoms with Gasteiger partial charge in [0.2, 0.25) is 0 Å². The number of methoxy groups -OCH3 is 1. The number of aromatic amines is 1. The van der Waals surface area contributed by atoms with Gasteiger partial charge >= 0.3 is 5.97 Å². The minimum absolute atomic E-state index is 0.194. The lowest BCUT2D eigenvalue weighted by molar-refractivity contribution is -0.143. The molecule has 1 aromatic heterocycles. The molecular weight excluding hydrogens is 168 g/mol. The van der Waals surface area contributed by atoms with Crippen LogP contribution >= 0.6 is 0 Å². The Kier molecular flexibility index (Phi) is 2.06. The highest BCUT2D eigenvalue weighted by atomic mass is 16.5. The lowest BCUT2D eigenvalue weighted by Crippen LogP contribution is -2.42. The van der Waals surface area contributed by atoms with Gasteiger partial charge in [-0.3, -0.25) is 10.1 Å². The van der Waals surface area contributed by atoms with Gasteiger partial charge in [0.15, 0.2) is 0 Å². The highest BCUT2D eigenvalue weighted by molar-refractivity contribution is 5.76. The van der Waals surface area contributed by atoms with E-state index in [1.807, 2.05) is 12.3 Å². The smallest absolute Gasteiger partial charge is 0.323 e. The summed E-state index contributed by atoms with van der Waals surface area (Å²) in [6.45, 7) is 0.735. The minimum atomic E-state index is -0.198. The first kappa shape index (κ1) is 8.31. The van der Waals surface area contributed by atoms with E-state index in [1.54, 1.807) is 0 Å². The third kappa shape index (κ3) is 1.45. The van der Waals surface area contributed by atoms with Crippen molar-refractivity contribution in [3.05, 3.63) is 23.5 Å². The van der Waals surface area contributed by atoms with Crippen LogP contribution in [0.25, 0.3) is 0 Å². The monoisotopic (exact) mass is 180 g/mol. The SMILES string of the molecule is COC(=O)C1Cc2[nH]ccc2CN1. The molecule has 0 amide bonds. The second-order valence-corrected chi connectivity index (χ2v) is 3.14. The number of carbonyl (C=O) groups excluding carboxylic acids is 1. The van der Waals surface area contributed by atoms with E-state index in [-0.39, 0.29) is 12.0 Å². The molecule has 0 bridgehead atoms. The lowest BCUT2D eigenvalue weighted by atomic mass is 10.0. The maximum Gasteiger partial charge on any atom is 0.323 e. The summed E-state index contributed by atoms with van der Waals surface area (Å²) in [7, 11) is 1.41. The molecule has 0 radical (unpaired) electrons. The fourth-order valence-electron chi connectivity index (χ4n) is 1.61. The second kappa shape index (κ2) is 3.22. The van der Waals surface area contributed by atoms with Crippen molar-refractivity contribution in [2.24, 2.45) is 0 Å². The lowest BCUT2D eigenvalue weighted by Gasteiger charge is -2.21. The van der Waals surface area contributed by atoms with Crippen molar-refractivity contribution >= 4 is 5.97 Å². The van der Waals surface area contributed by atoms with Crippen molar-refractivity contribution in [2.75, 3.05) is 7.11 Å². The first-order valence-electron chi connectivity index (χ1n) is 4.27. The molecule has 13 heavy (non-hydrogen) atoms. The normalized spacial score (nSPS) is 20.8. The summed E-state index contributed by atoms with van der Waals surface area (Å²) in [5.74, 6) is -0.194. The van der Waals surface area contributed by atoms with Crippen LogP contribution in [0.3, 0.4) is 0 Å². The molecule has 2 heterocycles. The van der Waals surface area contributed by atoms with E-state index < -0.39 is 0 Å². The van der Waals surface area contributed by atoms with Crippen LogP contribution in [0.1, 0.15) is 11.3 Å². The number of H-pyrrole nitrogens is 1. The Balaban J connectivity index is 2.13. The highest BCUT2D eigenvalue weighted by Gasteiger charge is 2.24. The molecule has 1 aliphatic heterocycles. The van der Waals surface area contributed by atoms with Crippen molar-refractivity contribution in [2.45, 2.75) is 19.0 Å². The number of hydrogen-bond acceptors (Lipinski definition) is 3. The molecule has 70 valence electrons. The topological polar surface area (TPSA) is 54.1 Å². The van der Waals surface area contributed by atoms with Gasteiger partial charge < -0.3 is 9.72 Å². The van der Waals surface area contributed by atoms with Crippen LogP contribution in [0.5, 0.6) is 0 Å².